The predicted molar refractivity (Wildman–Crippen MR) is 86.4 cm³/mol. The molecule has 0 bridgehead atoms. The molecule has 0 spiro atoms. The molecular weight excluding hydrogens is 292 g/mol. The number of rotatable bonds is 5. The first-order valence-electron chi connectivity index (χ1n) is 8.09. The van der Waals surface area contributed by atoms with Crippen LogP contribution in [0.25, 0.3) is 0 Å². The van der Waals surface area contributed by atoms with E-state index in [0.717, 1.165) is 42.6 Å². The zero-order valence-electron chi connectivity index (χ0n) is 13.6. The predicted octanol–water partition coefficient (Wildman–Crippen LogP) is 3.41. The number of Topliss-reactive ketones (excluding diaryl/α,β-unsaturated/α-hetero) is 1. The van der Waals surface area contributed by atoms with Crippen molar-refractivity contribution in [2.24, 2.45) is 5.41 Å². The highest BCUT2D eigenvalue weighted by atomic mass is 16.5. The fourth-order valence-electron chi connectivity index (χ4n) is 3.58. The van der Waals surface area contributed by atoms with Gasteiger partial charge in [-0.3, -0.25) is 9.59 Å². The van der Waals surface area contributed by atoms with Gasteiger partial charge in [0.15, 0.2) is 5.78 Å². The number of hydrogen-bond donors (Lipinski definition) is 0. The van der Waals surface area contributed by atoms with E-state index in [1.165, 1.54) is 7.11 Å². The van der Waals surface area contributed by atoms with Crippen LogP contribution < -0.4 is 4.74 Å². The Morgan fingerprint density at radius 2 is 1.87 bits per heavy atom. The standard InChI is InChI=1S/C19H22O4/c1-22-15-10-8-13(9-11-15)16-12-19(16,18(21)23-2)17(20)14-6-4-3-5-7-14/h6,8-11,16H,3-5,7,12H2,1-2H3. The van der Waals surface area contributed by atoms with E-state index < -0.39 is 11.4 Å². The maximum atomic E-state index is 13.0. The topological polar surface area (TPSA) is 52.6 Å². The number of allylic oxidation sites excluding steroid dienone is 2. The number of methoxy groups -OCH3 is 2. The van der Waals surface area contributed by atoms with Gasteiger partial charge in [-0.2, -0.15) is 0 Å². The maximum absolute atomic E-state index is 13.0. The molecule has 2 aliphatic rings. The van der Waals surface area contributed by atoms with Crippen LogP contribution in [0.1, 0.15) is 43.6 Å². The average Bonchev–Trinajstić information content (AvgIpc) is 3.38. The molecular formula is C19H22O4. The summed E-state index contributed by atoms with van der Waals surface area (Å²) in [4.78, 5) is 25.4. The summed E-state index contributed by atoms with van der Waals surface area (Å²) in [6, 6.07) is 7.58. The van der Waals surface area contributed by atoms with Crippen LogP contribution in [0.5, 0.6) is 5.75 Å². The third-order valence-corrected chi connectivity index (χ3v) is 5.02. The summed E-state index contributed by atoms with van der Waals surface area (Å²) < 4.78 is 10.1. The van der Waals surface area contributed by atoms with E-state index in [9.17, 15) is 9.59 Å². The van der Waals surface area contributed by atoms with Gasteiger partial charge in [-0.25, -0.2) is 0 Å². The molecule has 122 valence electrons. The molecule has 1 fully saturated rings. The number of esters is 1. The Morgan fingerprint density at radius 3 is 2.43 bits per heavy atom. The van der Waals surface area contributed by atoms with Gasteiger partial charge in [-0.05, 0) is 55.4 Å². The van der Waals surface area contributed by atoms with E-state index >= 15 is 0 Å². The Labute approximate surface area is 136 Å². The maximum Gasteiger partial charge on any atom is 0.320 e. The number of carbonyl (C=O) groups excluding carboxylic acids is 2. The molecule has 2 atom stereocenters. The van der Waals surface area contributed by atoms with Gasteiger partial charge in [0.1, 0.15) is 11.2 Å². The molecule has 0 amide bonds. The molecule has 0 heterocycles. The number of ether oxygens (including phenoxy) is 2. The summed E-state index contributed by atoms with van der Waals surface area (Å²) in [6.45, 7) is 0. The van der Waals surface area contributed by atoms with E-state index in [0.29, 0.717) is 6.42 Å². The van der Waals surface area contributed by atoms with Gasteiger partial charge in [-0.1, -0.05) is 18.2 Å². The number of carbonyl (C=O) groups is 2. The average molecular weight is 314 g/mol. The molecule has 1 aromatic rings. The minimum Gasteiger partial charge on any atom is -0.497 e. The second-order valence-corrected chi connectivity index (χ2v) is 6.30. The first kappa shape index (κ1) is 15.8. The molecule has 0 radical (unpaired) electrons. The molecule has 1 aromatic carbocycles. The van der Waals surface area contributed by atoms with Crippen LogP contribution in [0.3, 0.4) is 0 Å². The second-order valence-electron chi connectivity index (χ2n) is 6.30. The second kappa shape index (κ2) is 6.19. The lowest BCUT2D eigenvalue weighted by Crippen LogP contribution is -2.30. The molecule has 23 heavy (non-hydrogen) atoms. The van der Waals surface area contributed by atoms with Crippen molar-refractivity contribution < 1.29 is 19.1 Å². The minimum atomic E-state index is -1.02. The zero-order chi connectivity index (χ0) is 16.4. The van der Waals surface area contributed by atoms with Gasteiger partial charge in [-0.15, -0.1) is 0 Å². The highest BCUT2D eigenvalue weighted by molar-refractivity contribution is 6.16. The Bertz CT molecular complexity index is 644. The van der Waals surface area contributed by atoms with Gasteiger partial charge in [0.25, 0.3) is 0 Å². The van der Waals surface area contributed by atoms with Gasteiger partial charge in [0, 0.05) is 5.92 Å². The van der Waals surface area contributed by atoms with Crippen molar-refractivity contribution in [3.8, 4) is 5.75 Å². The van der Waals surface area contributed by atoms with E-state index in [1.807, 2.05) is 30.3 Å². The number of ketones is 1. The number of hydrogen-bond acceptors (Lipinski definition) is 4. The minimum absolute atomic E-state index is 0.0372. The normalized spacial score (nSPS) is 26.2. The van der Waals surface area contributed by atoms with Crippen molar-refractivity contribution in [2.75, 3.05) is 14.2 Å². The fraction of sp³-hybridized carbons (Fsp3) is 0.474. The van der Waals surface area contributed by atoms with Gasteiger partial charge < -0.3 is 9.47 Å². The lowest BCUT2D eigenvalue weighted by atomic mass is 9.85. The van der Waals surface area contributed by atoms with Crippen molar-refractivity contribution in [3.63, 3.8) is 0 Å². The van der Waals surface area contributed by atoms with E-state index in [2.05, 4.69) is 0 Å². The molecule has 0 N–H and O–H groups in total. The lowest BCUT2D eigenvalue weighted by Gasteiger charge is -2.18. The molecule has 1 saturated carbocycles. The Balaban J connectivity index is 1.89. The highest BCUT2D eigenvalue weighted by Crippen LogP contribution is 2.62. The van der Waals surface area contributed by atoms with E-state index in [1.54, 1.807) is 7.11 Å². The summed E-state index contributed by atoms with van der Waals surface area (Å²) in [5.74, 6) is 0.218. The first-order chi connectivity index (χ1) is 11.1. The van der Waals surface area contributed by atoms with Crippen molar-refractivity contribution in [1.82, 2.24) is 0 Å². The van der Waals surface area contributed by atoms with Gasteiger partial charge in [0.2, 0.25) is 0 Å². The van der Waals surface area contributed by atoms with E-state index in [-0.39, 0.29) is 11.7 Å². The summed E-state index contributed by atoms with van der Waals surface area (Å²) in [5.41, 5.74) is 0.769. The van der Waals surface area contributed by atoms with Crippen LogP contribution in [0.15, 0.2) is 35.9 Å². The van der Waals surface area contributed by atoms with Gasteiger partial charge >= 0.3 is 5.97 Å². The van der Waals surface area contributed by atoms with Crippen molar-refractivity contribution in [2.45, 2.75) is 38.0 Å². The smallest absolute Gasteiger partial charge is 0.320 e. The molecule has 2 aliphatic carbocycles. The molecule has 4 heteroatoms. The van der Waals surface area contributed by atoms with Crippen LogP contribution in [-0.2, 0) is 14.3 Å². The molecule has 3 rings (SSSR count). The number of benzene rings is 1. The lowest BCUT2D eigenvalue weighted by molar-refractivity contribution is -0.150. The van der Waals surface area contributed by atoms with Crippen LogP contribution >= 0.6 is 0 Å². The summed E-state index contributed by atoms with van der Waals surface area (Å²) in [6.07, 6.45) is 6.35. The summed E-state index contributed by atoms with van der Waals surface area (Å²) in [5, 5.41) is 0. The first-order valence-corrected chi connectivity index (χ1v) is 8.09. The largest absolute Gasteiger partial charge is 0.497 e. The van der Waals surface area contributed by atoms with Gasteiger partial charge in [0.05, 0.1) is 14.2 Å². The molecule has 4 nitrogen and oxygen atoms in total. The van der Waals surface area contributed by atoms with Crippen molar-refractivity contribution in [3.05, 3.63) is 41.5 Å². The summed E-state index contributed by atoms with van der Waals surface area (Å²) in [7, 11) is 2.97. The van der Waals surface area contributed by atoms with Crippen molar-refractivity contribution in [1.29, 1.82) is 0 Å². The SMILES string of the molecule is COC(=O)C1(C(=O)C2=CCCCC2)CC1c1ccc(OC)cc1. The fourth-order valence-corrected chi connectivity index (χ4v) is 3.58. The molecule has 0 aliphatic heterocycles. The quantitative estimate of drug-likeness (QED) is 0.617. The van der Waals surface area contributed by atoms with Crippen LogP contribution in [0.2, 0.25) is 0 Å². The third kappa shape index (κ3) is 2.67. The summed E-state index contributed by atoms with van der Waals surface area (Å²) >= 11 is 0. The monoisotopic (exact) mass is 314 g/mol. The Kier molecular flexibility index (Phi) is 4.24. The van der Waals surface area contributed by atoms with Crippen molar-refractivity contribution >= 4 is 11.8 Å². The van der Waals surface area contributed by atoms with Crippen LogP contribution in [-0.4, -0.2) is 26.0 Å². The third-order valence-electron chi connectivity index (χ3n) is 5.02. The molecule has 0 saturated heterocycles. The molecule has 2 unspecified atom stereocenters. The van der Waals surface area contributed by atoms with E-state index in [4.69, 9.17) is 9.47 Å². The highest BCUT2D eigenvalue weighted by Gasteiger charge is 2.67. The molecule has 0 aromatic heterocycles. The van der Waals surface area contributed by atoms with Crippen LogP contribution in [0.4, 0.5) is 0 Å². The Hall–Kier alpha value is -2.10. The Morgan fingerprint density at radius 1 is 1.13 bits per heavy atom. The zero-order valence-corrected chi connectivity index (χ0v) is 13.6. The van der Waals surface area contributed by atoms with Crippen LogP contribution in [0, 0.1) is 5.41 Å².